The van der Waals surface area contributed by atoms with Gasteiger partial charge in [-0.05, 0) is 42.3 Å². The molecule has 1 aromatic rings. The first kappa shape index (κ1) is 28.6. The molecule has 0 N–H and O–H groups in total. The number of carbonyl (C=O) groups is 3. The summed E-state index contributed by atoms with van der Waals surface area (Å²) < 4.78 is 38.8. The molecule has 1 saturated heterocycles. The minimum absolute atomic E-state index is 0.00125. The summed E-state index contributed by atoms with van der Waals surface area (Å²) in [7, 11) is -2.40. The molecule has 0 aliphatic carbocycles. The van der Waals surface area contributed by atoms with Crippen LogP contribution in [0.25, 0.3) is 0 Å². The summed E-state index contributed by atoms with van der Waals surface area (Å²) in [5.74, 6) is -2.56. The Morgan fingerprint density at radius 1 is 1.24 bits per heavy atom. The Labute approximate surface area is 215 Å². The zero-order valence-electron chi connectivity index (χ0n) is 18.3. The Hall–Kier alpha value is -1.66. The molecule has 1 aromatic carbocycles. The number of methoxy groups -OCH3 is 1. The van der Waals surface area contributed by atoms with Crippen LogP contribution < -0.4 is 0 Å². The first-order valence-electron chi connectivity index (χ1n) is 9.63. The fourth-order valence-electron chi connectivity index (χ4n) is 3.16. The zero-order valence-corrected chi connectivity index (χ0v) is 22.2. The summed E-state index contributed by atoms with van der Waals surface area (Å²) in [5.41, 5.74) is 0.261. The Balaban J connectivity index is 2.33. The van der Waals surface area contributed by atoms with Gasteiger partial charge in [0.1, 0.15) is 24.0 Å². The van der Waals surface area contributed by atoms with E-state index in [1.165, 1.54) is 26.0 Å². The summed E-state index contributed by atoms with van der Waals surface area (Å²) >= 11 is 16.6. The highest BCUT2D eigenvalue weighted by molar-refractivity contribution is 8.72. The molecule has 2 rings (SSSR count). The van der Waals surface area contributed by atoms with Gasteiger partial charge in [-0.1, -0.05) is 59.6 Å². The van der Waals surface area contributed by atoms with Crippen LogP contribution in [0.1, 0.15) is 13.8 Å². The van der Waals surface area contributed by atoms with Crippen molar-refractivity contribution < 1.29 is 37.0 Å². The van der Waals surface area contributed by atoms with Crippen LogP contribution in [0.2, 0.25) is 0 Å². The molecule has 9 nitrogen and oxygen atoms in total. The molecule has 1 amide bonds. The van der Waals surface area contributed by atoms with E-state index >= 15 is 0 Å². The van der Waals surface area contributed by atoms with E-state index in [4.69, 9.17) is 49.0 Å². The van der Waals surface area contributed by atoms with Crippen LogP contribution in [-0.4, -0.2) is 66.4 Å². The molecule has 1 fully saturated rings. The maximum atomic E-state index is 13.1. The molecule has 34 heavy (non-hydrogen) atoms. The number of esters is 1. The molecule has 1 aliphatic heterocycles. The number of likely N-dealkylation sites (tertiary alicyclic amines) is 1. The number of carbonyl (C=O) groups excluding carboxylic acids is 3. The molecule has 3 unspecified atom stereocenters. The molecule has 0 bridgehead atoms. The van der Waals surface area contributed by atoms with Crippen molar-refractivity contribution in [3.05, 3.63) is 42.5 Å². The molecule has 0 aromatic heterocycles. The lowest BCUT2D eigenvalue weighted by atomic mass is 9.89. The highest BCUT2D eigenvalue weighted by Crippen LogP contribution is 2.45. The second-order valence-electron chi connectivity index (χ2n) is 7.27. The van der Waals surface area contributed by atoms with E-state index in [1.807, 2.05) is 0 Å². The van der Waals surface area contributed by atoms with Gasteiger partial charge >= 0.3 is 12.1 Å². The quantitative estimate of drug-likeness (QED) is 0.142. The molecule has 1 heterocycles. The average molecular weight is 575 g/mol. The first-order chi connectivity index (χ1) is 15.7. The molecule has 14 heteroatoms. The number of amides is 1. The van der Waals surface area contributed by atoms with Gasteiger partial charge in [-0.25, -0.2) is 18.0 Å². The zero-order chi connectivity index (χ0) is 25.8. The van der Waals surface area contributed by atoms with E-state index < -0.39 is 60.7 Å². The van der Waals surface area contributed by atoms with E-state index in [2.05, 4.69) is 6.58 Å². The first-order valence-corrected chi connectivity index (χ1v) is 13.6. The normalized spacial score (nSPS) is 20.1. The number of hydrogen-bond acceptors (Lipinski definition) is 9. The number of nitrogens with zero attached hydrogens (tertiary/aromatic N) is 1. The molecule has 4 atom stereocenters. The third-order valence-electron chi connectivity index (χ3n) is 4.69. The van der Waals surface area contributed by atoms with Crippen molar-refractivity contribution in [3.63, 3.8) is 0 Å². The molecule has 1 aliphatic rings. The van der Waals surface area contributed by atoms with Crippen LogP contribution >= 0.6 is 45.6 Å². The van der Waals surface area contributed by atoms with Crippen molar-refractivity contribution in [1.82, 2.24) is 4.90 Å². The van der Waals surface area contributed by atoms with Crippen molar-refractivity contribution in [2.75, 3.05) is 13.7 Å². The molecule has 188 valence electrons. The second kappa shape index (κ2) is 11.4. The second-order valence-corrected chi connectivity index (χ2v) is 13.7. The van der Waals surface area contributed by atoms with E-state index in [0.29, 0.717) is 10.8 Å². The predicted octanol–water partition coefficient (Wildman–Crippen LogP) is 3.92. The maximum absolute atomic E-state index is 13.1. The number of β-lactam (4-membered cyclic amide) rings is 1. The van der Waals surface area contributed by atoms with Crippen molar-refractivity contribution in [2.45, 2.75) is 40.1 Å². The van der Waals surface area contributed by atoms with Gasteiger partial charge in [0.25, 0.3) is 0 Å². The number of benzene rings is 1. The smallest absolute Gasteiger partial charge is 0.467 e. The third-order valence-corrected chi connectivity index (χ3v) is 8.77. The Bertz CT molecular complexity index is 1050. The molecular formula is C20H22Cl3NO8S2. The highest BCUT2D eigenvalue weighted by Gasteiger charge is 2.57. The molecular weight excluding hydrogens is 553 g/mol. The van der Waals surface area contributed by atoms with Gasteiger partial charge in [-0.3, -0.25) is 4.79 Å². The third kappa shape index (κ3) is 6.94. The lowest BCUT2D eigenvalue weighted by Crippen LogP contribution is -2.68. The summed E-state index contributed by atoms with van der Waals surface area (Å²) in [6, 6.07) is 6.30. The minimum Gasteiger partial charge on any atom is -0.467 e. The van der Waals surface area contributed by atoms with Gasteiger partial charge in [-0.2, -0.15) is 0 Å². The summed E-state index contributed by atoms with van der Waals surface area (Å²) in [6.45, 7) is 6.00. The van der Waals surface area contributed by atoms with E-state index in [-0.39, 0.29) is 10.5 Å². The van der Waals surface area contributed by atoms with Gasteiger partial charge < -0.3 is 19.1 Å². The van der Waals surface area contributed by atoms with Crippen LogP contribution in [0, 0.1) is 5.92 Å². The monoisotopic (exact) mass is 573 g/mol. The SMILES string of the molecule is C=C(C)C(C(=O)OC)N1C(=O)C([C@@H](C)OC(=O)OCC(Cl)(Cl)Cl)C1SS(=O)(=O)c1ccccc1. The average Bonchev–Trinajstić information content (AvgIpc) is 2.74. The lowest BCUT2D eigenvalue weighted by Gasteiger charge is -2.50. The largest absolute Gasteiger partial charge is 0.508 e. The molecule has 0 saturated carbocycles. The number of rotatable bonds is 9. The highest BCUT2D eigenvalue weighted by atomic mass is 35.6. The summed E-state index contributed by atoms with van der Waals surface area (Å²) in [5, 5.41) is -1.12. The summed E-state index contributed by atoms with van der Waals surface area (Å²) in [6.07, 6.45) is -2.36. The van der Waals surface area contributed by atoms with E-state index in [9.17, 15) is 22.8 Å². The standard InChI is InChI=1S/C20H22Cl3NO8S2/c1-11(2)15(18(26)30-4)24-16(25)14(12(3)32-19(27)31-10-20(21,22)23)17(24)33-34(28,29)13-8-6-5-7-9-13/h5-9,12,14-15,17H,1,10H2,2-4H3/t12-,14?,15?,17?/m1/s1. The van der Waals surface area contributed by atoms with Crippen molar-refractivity contribution in [3.8, 4) is 0 Å². The number of ether oxygens (including phenoxy) is 3. The van der Waals surface area contributed by atoms with Crippen molar-refractivity contribution in [2.24, 2.45) is 5.92 Å². The lowest BCUT2D eigenvalue weighted by molar-refractivity contribution is -0.169. The van der Waals surface area contributed by atoms with Gasteiger partial charge in [0.05, 0.1) is 12.0 Å². The van der Waals surface area contributed by atoms with Gasteiger partial charge in [0.2, 0.25) is 18.6 Å². The van der Waals surface area contributed by atoms with Crippen molar-refractivity contribution in [1.29, 1.82) is 0 Å². The maximum Gasteiger partial charge on any atom is 0.508 e. The number of hydrogen-bond donors (Lipinski definition) is 0. The minimum atomic E-state index is -3.98. The molecule has 0 spiro atoms. The number of halogens is 3. The fraction of sp³-hybridized carbons (Fsp3) is 0.450. The van der Waals surface area contributed by atoms with Crippen LogP contribution in [-0.2, 0) is 32.7 Å². The Morgan fingerprint density at radius 2 is 1.82 bits per heavy atom. The molecule has 0 radical (unpaired) electrons. The van der Waals surface area contributed by atoms with Crippen LogP contribution in [0.5, 0.6) is 0 Å². The van der Waals surface area contributed by atoms with Crippen molar-refractivity contribution >= 4 is 72.5 Å². The van der Waals surface area contributed by atoms with Gasteiger partial charge in [0, 0.05) is 0 Å². The fourth-order valence-corrected chi connectivity index (χ4v) is 7.04. The van der Waals surface area contributed by atoms with Crippen LogP contribution in [0.4, 0.5) is 4.79 Å². The predicted molar refractivity (Wildman–Crippen MR) is 128 cm³/mol. The Morgan fingerprint density at radius 3 is 2.32 bits per heavy atom. The topological polar surface area (TPSA) is 116 Å². The van der Waals surface area contributed by atoms with Crippen LogP contribution in [0.15, 0.2) is 47.4 Å². The Kier molecular flexibility index (Phi) is 9.57. The van der Waals surface area contributed by atoms with Gasteiger partial charge in [-0.15, -0.1) is 0 Å². The number of alkyl halides is 3. The van der Waals surface area contributed by atoms with Crippen LogP contribution in [0.3, 0.4) is 0 Å². The summed E-state index contributed by atoms with van der Waals surface area (Å²) in [4.78, 5) is 38.5. The van der Waals surface area contributed by atoms with E-state index in [1.54, 1.807) is 18.2 Å². The van der Waals surface area contributed by atoms with E-state index in [0.717, 1.165) is 12.0 Å². The van der Waals surface area contributed by atoms with Gasteiger partial charge in [0.15, 0.2) is 6.04 Å².